The van der Waals surface area contributed by atoms with Crippen LogP contribution in [0.5, 0.6) is 0 Å². The predicted molar refractivity (Wildman–Crippen MR) is 57.3 cm³/mol. The Kier molecular flexibility index (Phi) is 3.21. The Morgan fingerprint density at radius 3 is 2.69 bits per heavy atom. The summed E-state index contributed by atoms with van der Waals surface area (Å²) in [5.74, 6) is -0.793. The summed E-state index contributed by atoms with van der Waals surface area (Å²) in [6.07, 6.45) is -0.397. The first-order valence-electron chi connectivity index (χ1n) is 5.38. The van der Waals surface area contributed by atoms with Crippen LogP contribution in [0.2, 0.25) is 0 Å². The van der Waals surface area contributed by atoms with E-state index in [-0.39, 0.29) is 6.04 Å². The number of hydrogen-bond acceptors (Lipinski definition) is 2. The topological polar surface area (TPSA) is 21.3 Å². The van der Waals surface area contributed by atoms with E-state index in [2.05, 4.69) is 5.32 Å². The summed E-state index contributed by atoms with van der Waals surface area (Å²) < 4.78 is 32.5. The molecule has 2 atom stereocenters. The normalized spacial score (nSPS) is 25.8. The zero-order valence-corrected chi connectivity index (χ0v) is 9.39. The van der Waals surface area contributed by atoms with E-state index in [1.807, 2.05) is 6.92 Å². The van der Waals surface area contributed by atoms with Crippen molar-refractivity contribution in [2.24, 2.45) is 0 Å². The SMILES string of the molecule is Cc1cc(F)c(C2CNC(C)CO2)cc1F. The van der Waals surface area contributed by atoms with Gasteiger partial charge < -0.3 is 10.1 Å². The quantitative estimate of drug-likeness (QED) is 0.795. The lowest BCUT2D eigenvalue weighted by molar-refractivity contribution is 0.00484. The van der Waals surface area contributed by atoms with E-state index in [1.54, 1.807) is 6.92 Å². The molecule has 1 aliphatic rings. The van der Waals surface area contributed by atoms with Gasteiger partial charge in [0, 0.05) is 18.2 Å². The fourth-order valence-corrected chi connectivity index (χ4v) is 1.79. The third-order valence-electron chi connectivity index (χ3n) is 2.82. The van der Waals surface area contributed by atoms with E-state index in [4.69, 9.17) is 4.74 Å². The van der Waals surface area contributed by atoms with Gasteiger partial charge in [-0.15, -0.1) is 0 Å². The van der Waals surface area contributed by atoms with Crippen molar-refractivity contribution in [3.8, 4) is 0 Å². The van der Waals surface area contributed by atoms with E-state index in [0.29, 0.717) is 24.3 Å². The Balaban J connectivity index is 2.23. The van der Waals surface area contributed by atoms with Gasteiger partial charge in [-0.25, -0.2) is 8.78 Å². The maximum atomic E-state index is 13.6. The lowest BCUT2D eigenvalue weighted by Gasteiger charge is -2.28. The van der Waals surface area contributed by atoms with Gasteiger partial charge in [0.2, 0.25) is 0 Å². The second-order valence-corrected chi connectivity index (χ2v) is 4.25. The van der Waals surface area contributed by atoms with Crippen molar-refractivity contribution in [2.45, 2.75) is 26.0 Å². The fraction of sp³-hybridized carbons (Fsp3) is 0.500. The van der Waals surface area contributed by atoms with Gasteiger partial charge in [0.15, 0.2) is 0 Å². The second kappa shape index (κ2) is 4.47. The van der Waals surface area contributed by atoms with E-state index < -0.39 is 17.7 Å². The van der Waals surface area contributed by atoms with Gasteiger partial charge in [0.1, 0.15) is 11.6 Å². The lowest BCUT2D eigenvalue weighted by Crippen LogP contribution is -2.41. The van der Waals surface area contributed by atoms with Gasteiger partial charge in [-0.05, 0) is 31.5 Å². The summed E-state index contributed by atoms with van der Waals surface area (Å²) in [6, 6.07) is 2.70. The van der Waals surface area contributed by atoms with E-state index >= 15 is 0 Å². The van der Waals surface area contributed by atoms with Crippen molar-refractivity contribution >= 4 is 0 Å². The maximum absolute atomic E-state index is 13.6. The first-order chi connectivity index (χ1) is 7.58. The first kappa shape index (κ1) is 11.5. The number of benzene rings is 1. The lowest BCUT2D eigenvalue weighted by atomic mass is 10.0. The minimum Gasteiger partial charge on any atom is -0.370 e. The average Bonchev–Trinajstić information content (AvgIpc) is 2.25. The predicted octanol–water partition coefficient (Wildman–Crippen LogP) is 2.32. The Labute approximate surface area is 93.6 Å². The third-order valence-corrected chi connectivity index (χ3v) is 2.82. The molecule has 1 fully saturated rings. The summed E-state index contributed by atoms with van der Waals surface area (Å²) in [4.78, 5) is 0. The van der Waals surface area contributed by atoms with Crippen LogP contribution in [-0.4, -0.2) is 19.2 Å². The van der Waals surface area contributed by atoms with Crippen molar-refractivity contribution in [3.63, 3.8) is 0 Å². The molecular formula is C12H15F2NO. The monoisotopic (exact) mass is 227 g/mol. The molecule has 1 saturated heterocycles. The minimum absolute atomic E-state index is 0.259. The Morgan fingerprint density at radius 1 is 1.31 bits per heavy atom. The van der Waals surface area contributed by atoms with Crippen molar-refractivity contribution in [3.05, 3.63) is 34.9 Å². The van der Waals surface area contributed by atoms with Crippen molar-refractivity contribution in [1.29, 1.82) is 0 Å². The number of aryl methyl sites for hydroxylation is 1. The van der Waals surface area contributed by atoms with Gasteiger partial charge in [0.25, 0.3) is 0 Å². The van der Waals surface area contributed by atoms with Crippen LogP contribution < -0.4 is 5.32 Å². The number of morpholine rings is 1. The highest BCUT2D eigenvalue weighted by Crippen LogP contribution is 2.25. The average molecular weight is 227 g/mol. The zero-order valence-electron chi connectivity index (χ0n) is 9.39. The van der Waals surface area contributed by atoms with Crippen molar-refractivity contribution in [1.82, 2.24) is 5.32 Å². The molecule has 0 aromatic heterocycles. The molecule has 1 aromatic carbocycles. The van der Waals surface area contributed by atoms with Crippen molar-refractivity contribution in [2.75, 3.05) is 13.2 Å². The molecule has 16 heavy (non-hydrogen) atoms. The summed E-state index contributed by atoms with van der Waals surface area (Å²) in [5.41, 5.74) is 0.612. The molecular weight excluding hydrogens is 212 g/mol. The number of rotatable bonds is 1. The molecule has 2 nitrogen and oxygen atoms in total. The summed E-state index contributed by atoms with van der Waals surface area (Å²) >= 11 is 0. The summed E-state index contributed by atoms with van der Waals surface area (Å²) in [6.45, 7) is 4.56. The Morgan fingerprint density at radius 2 is 2.06 bits per heavy atom. The third kappa shape index (κ3) is 2.23. The molecule has 1 heterocycles. The highest BCUT2D eigenvalue weighted by Gasteiger charge is 2.23. The van der Waals surface area contributed by atoms with Crippen molar-refractivity contribution < 1.29 is 13.5 Å². The maximum Gasteiger partial charge on any atom is 0.129 e. The molecule has 2 unspecified atom stereocenters. The zero-order chi connectivity index (χ0) is 11.7. The van der Waals surface area contributed by atoms with Crippen LogP contribution in [0.3, 0.4) is 0 Å². The molecule has 1 N–H and O–H groups in total. The highest BCUT2D eigenvalue weighted by molar-refractivity contribution is 5.27. The Hall–Kier alpha value is -1.00. The van der Waals surface area contributed by atoms with Crippen LogP contribution in [0, 0.1) is 18.6 Å². The molecule has 0 spiro atoms. The summed E-state index contributed by atoms with van der Waals surface area (Å²) in [7, 11) is 0. The number of nitrogens with one attached hydrogen (secondary N) is 1. The van der Waals surface area contributed by atoms with Gasteiger partial charge in [-0.2, -0.15) is 0 Å². The summed E-state index contributed by atoms with van der Waals surface area (Å²) in [5, 5.41) is 3.18. The number of halogens is 2. The van der Waals surface area contributed by atoms with Gasteiger partial charge >= 0.3 is 0 Å². The van der Waals surface area contributed by atoms with Gasteiger partial charge in [-0.3, -0.25) is 0 Å². The molecule has 0 saturated carbocycles. The van der Waals surface area contributed by atoms with E-state index in [9.17, 15) is 8.78 Å². The van der Waals surface area contributed by atoms with E-state index in [0.717, 1.165) is 0 Å². The molecule has 4 heteroatoms. The van der Waals surface area contributed by atoms with Gasteiger partial charge in [-0.1, -0.05) is 0 Å². The highest BCUT2D eigenvalue weighted by atomic mass is 19.1. The van der Waals surface area contributed by atoms with Crippen LogP contribution in [0.1, 0.15) is 24.2 Å². The van der Waals surface area contributed by atoms with Gasteiger partial charge in [0.05, 0.1) is 12.7 Å². The first-order valence-corrected chi connectivity index (χ1v) is 5.38. The number of ether oxygens (including phenoxy) is 1. The fourth-order valence-electron chi connectivity index (χ4n) is 1.79. The molecule has 1 aromatic rings. The standard InChI is InChI=1S/C12H15F2NO/c1-7-3-11(14)9(4-10(7)13)12-5-15-8(2)6-16-12/h3-4,8,12,15H,5-6H2,1-2H3. The molecule has 0 bridgehead atoms. The van der Waals surface area contributed by atoms with E-state index in [1.165, 1.54) is 12.1 Å². The molecule has 0 aliphatic carbocycles. The largest absolute Gasteiger partial charge is 0.370 e. The smallest absolute Gasteiger partial charge is 0.129 e. The van der Waals surface area contributed by atoms with Crippen LogP contribution >= 0.6 is 0 Å². The minimum atomic E-state index is -0.403. The molecule has 1 aliphatic heterocycles. The van der Waals surface area contributed by atoms with Crippen LogP contribution in [-0.2, 0) is 4.74 Å². The molecule has 2 rings (SSSR count). The molecule has 88 valence electrons. The molecule has 0 amide bonds. The second-order valence-electron chi connectivity index (χ2n) is 4.25. The molecule has 0 radical (unpaired) electrons. The van der Waals surface area contributed by atoms with Crippen LogP contribution in [0.15, 0.2) is 12.1 Å². The Bertz CT molecular complexity index is 387. The van der Waals surface area contributed by atoms with Crippen LogP contribution in [0.25, 0.3) is 0 Å². The van der Waals surface area contributed by atoms with Crippen LogP contribution in [0.4, 0.5) is 8.78 Å². The number of hydrogen-bond donors (Lipinski definition) is 1.